The van der Waals surface area contributed by atoms with Crippen LogP contribution in [0.1, 0.15) is 6.42 Å². The maximum atomic E-state index is 9.31. The molecule has 4 heteroatoms. The summed E-state index contributed by atoms with van der Waals surface area (Å²) in [7, 11) is 0. The molecule has 1 rings (SSSR count). The van der Waals surface area contributed by atoms with E-state index in [0.717, 1.165) is 6.42 Å². The number of aliphatic hydroxyl groups is 2. The Labute approximate surface area is 83.5 Å². The second kappa shape index (κ2) is 5.93. The predicted octanol–water partition coefficient (Wildman–Crippen LogP) is 0.213. The molecule has 0 amide bonds. The molecule has 0 fully saturated rings. The van der Waals surface area contributed by atoms with Crippen molar-refractivity contribution in [1.29, 1.82) is 0 Å². The van der Waals surface area contributed by atoms with Crippen LogP contribution in [0.2, 0.25) is 0 Å². The molecule has 1 aliphatic rings. The van der Waals surface area contributed by atoms with Gasteiger partial charge in [0.25, 0.3) is 0 Å². The average molecular weight is 200 g/mol. The highest BCUT2D eigenvalue weighted by atomic mass is 16.7. The lowest BCUT2D eigenvalue weighted by molar-refractivity contribution is -0.179. The lowest BCUT2D eigenvalue weighted by atomic mass is 10.1. The van der Waals surface area contributed by atoms with Crippen LogP contribution in [-0.2, 0) is 9.47 Å². The maximum absolute atomic E-state index is 9.31. The minimum Gasteiger partial charge on any atom is -0.394 e. The maximum Gasteiger partial charge on any atom is 0.177 e. The molecule has 14 heavy (non-hydrogen) atoms. The minimum absolute atomic E-state index is 0.215. The second-order valence-electron chi connectivity index (χ2n) is 3.05. The van der Waals surface area contributed by atoms with Crippen LogP contribution in [0.15, 0.2) is 24.8 Å². The molecular formula is C10H16O4. The molecule has 0 saturated heterocycles. The third-order valence-corrected chi connectivity index (χ3v) is 1.94. The Bertz CT molecular complexity index is 202. The summed E-state index contributed by atoms with van der Waals surface area (Å²) < 4.78 is 10.6. The fraction of sp³-hybridized carbons (Fsp3) is 0.600. The van der Waals surface area contributed by atoms with E-state index in [1.807, 2.05) is 0 Å². The summed E-state index contributed by atoms with van der Waals surface area (Å²) in [4.78, 5) is 0. The van der Waals surface area contributed by atoms with E-state index in [9.17, 15) is 5.11 Å². The van der Waals surface area contributed by atoms with Gasteiger partial charge in [-0.2, -0.15) is 0 Å². The largest absolute Gasteiger partial charge is 0.394 e. The van der Waals surface area contributed by atoms with Crippen LogP contribution < -0.4 is 0 Å². The van der Waals surface area contributed by atoms with Gasteiger partial charge in [-0.15, -0.1) is 6.58 Å². The van der Waals surface area contributed by atoms with Crippen LogP contribution in [-0.4, -0.2) is 41.9 Å². The van der Waals surface area contributed by atoms with E-state index >= 15 is 0 Å². The van der Waals surface area contributed by atoms with Gasteiger partial charge in [-0.3, -0.25) is 0 Å². The van der Waals surface area contributed by atoms with Crippen molar-refractivity contribution in [2.75, 3.05) is 13.2 Å². The summed E-state index contributed by atoms with van der Waals surface area (Å²) >= 11 is 0. The first kappa shape index (κ1) is 11.4. The van der Waals surface area contributed by atoms with Gasteiger partial charge in [0.15, 0.2) is 6.29 Å². The highest BCUT2D eigenvalue weighted by molar-refractivity contribution is 4.99. The van der Waals surface area contributed by atoms with Crippen molar-refractivity contribution < 1.29 is 19.7 Å². The van der Waals surface area contributed by atoms with Crippen molar-refractivity contribution in [3.05, 3.63) is 24.8 Å². The van der Waals surface area contributed by atoms with Gasteiger partial charge in [0.05, 0.1) is 13.2 Å². The third kappa shape index (κ3) is 3.23. The van der Waals surface area contributed by atoms with E-state index in [2.05, 4.69) is 6.58 Å². The second-order valence-corrected chi connectivity index (χ2v) is 3.05. The minimum atomic E-state index is -0.751. The van der Waals surface area contributed by atoms with Crippen molar-refractivity contribution in [3.8, 4) is 0 Å². The Morgan fingerprint density at radius 1 is 1.50 bits per heavy atom. The molecule has 2 N–H and O–H groups in total. The molecule has 80 valence electrons. The van der Waals surface area contributed by atoms with Gasteiger partial charge in [-0.25, -0.2) is 0 Å². The highest BCUT2D eigenvalue weighted by Crippen LogP contribution is 2.13. The molecular weight excluding hydrogens is 184 g/mol. The van der Waals surface area contributed by atoms with Gasteiger partial charge in [0.1, 0.15) is 12.2 Å². The number of hydrogen-bond acceptors (Lipinski definition) is 4. The third-order valence-electron chi connectivity index (χ3n) is 1.94. The number of rotatable bonds is 5. The zero-order valence-electron chi connectivity index (χ0n) is 8.00. The smallest absolute Gasteiger partial charge is 0.177 e. The fourth-order valence-corrected chi connectivity index (χ4v) is 1.14. The monoisotopic (exact) mass is 200 g/mol. The van der Waals surface area contributed by atoms with E-state index in [1.54, 1.807) is 18.2 Å². The lowest BCUT2D eigenvalue weighted by Gasteiger charge is -2.28. The van der Waals surface area contributed by atoms with Crippen molar-refractivity contribution in [1.82, 2.24) is 0 Å². The van der Waals surface area contributed by atoms with Crippen molar-refractivity contribution in [3.63, 3.8) is 0 Å². The van der Waals surface area contributed by atoms with E-state index in [0.29, 0.717) is 6.61 Å². The molecule has 0 aromatic rings. The summed E-state index contributed by atoms with van der Waals surface area (Å²) in [5, 5.41) is 18.2. The van der Waals surface area contributed by atoms with E-state index < -0.39 is 18.5 Å². The molecule has 0 saturated carbocycles. The summed E-state index contributed by atoms with van der Waals surface area (Å²) in [6.07, 6.45) is 3.90. The van der Waals surface area contributed by atoms with Crippen molar-refractivity contribution in [2.24, 2.45) is 0 Å². The molecule has 1 aliphatic heterocycles. The first-order valence-electron chi connectivity index (χ1n) is 4.63. The normalized spacial score (nSPS) is 31.7. The zero-order chi connectivity index (χ0) is 10.4. The van der Waals surface area contributed by atoms with Gasteiger partial charge in [-0.05, 0) is 12.5 Å². The Balaban J connectivity index is 2.33. The van der Waals surface area contributed by atoms with E-state index in [4.69, 9.17) is 14.6 Å². The van der Waals surface area contributed by atoms with Crippen LogP contribution in [0.25, 0.3) is 0 Å². The van der Waals surface area contributed by atoms with Crippen molar-refractivity contribution in [2.45, 2.75) is 24.9 Å². The Morgan fingerprint density at radius 3 is 2.93 bits per heavy atom. The topological polar surface area (TPSA) is 58.9 Å². The molecule has 0 bridgehead atoms. The molecule has 0 radical (unpaired) electrons. The molecule has 0 aromatic heterocycles. The lowest BCUT2D eigenvalue weighted by Crippen LogP contribution is -2.38. The summed E-state index contributed by atoms with van der Waals surface area (Å²) in [5.41, 5.74) is 0. The van der Waals surface area contributed by atoms with Gasteiger partial charge >= 0.3 is 0 Å². The summed E-state index contributed by atoms with van der Waals surface area (Å²) in [5.74, 6) is 0. The fourth-order valence-electron chi connectivity index (χ4n) is 1.14. The van der Waals surface area contributed by atoms with Crippen LogP contribution >= 0.6 is 0 Å². The predicted molar refractivity (Wildman–Crippen MR) is 51.7 cm³/mol. The van der Waals surface area contributed by atoms with Crippen LogP contribution in [0.4, 0.5) is 0 Å². The molecule has 0 aromatic carbocycles. The molecule has 4 nitrogen and oxygen atoms in total. The molecule has 0 unspecified atom stereocenters. The quantitative estimate of drug-likeness (QED) is 0.492. The van der Waals surface area contributed by atoms with E-state index in [1.165, 1.54) is 0 Å². The van der Waals surface area contributed by atoms with Gasteiger partial charge < -0.3 is 19.7 Å². The van der Waals surface area contributed by atoms with Crippen LogP contribution in [0.5, 0.6) is 0 Å². The van der Waals surface area contributed by atoms with Crippen LogP contribution in [0.3, 0.4) is 0 Å². The number of ether oxygens (including phenoxy) is 2. The highest BCUT2D eigenvalue weighted by Gasteiger charge is 2.24. The SMILES string of the molecule is C=CCCO[C@@H]1C=C[C@H](O)[C@@H](CO)O1. The standard InChI is InChI=1S/C10H16O4/c1-2-3-6-13-10-5-4-8(12)9(7-11)14-10/h2,4-5,8-12H,1,3,6-7H2/t8-,9+,10-/m0/s1. The molecule has 3 atom stereocenters. The number of hydrogen-bond donors (Lipinski definition) is 2. The van der Waals surface area contributed by atoms with Crippen molar-refractivity contribution >= 4 is 0 Å². The molecule has 0 aliphatic carbocycles. The Kier molecular flexibility index (Phi) is 4.82. The summed E-state index contributed by atoms with van der Waals surface area (Å²) in [6.45, 7) is 3.87. The average Bonchev–Trinajstić information content (AvgIpc) is 2.21. The molecule has 0 spiro atoms. The van der Waals surface area contributed by atoms with Gasteiger partial charge in [0, 0.05) is 0 Å². The number of aliphatic hydroxyl groups excluding tert-OH is 2. The van der Waals surface area contributed by atoms with E-state index in [-0.39, 0.29) is 6.61 Å². The Morgan fingerprint density at radius 2 is 2.29 bits per heavy atom. The van der Waals surface area contributed by atoms with Gasteiger partial charge in [0.2, 0.25) is 0 Å². The summed E-state index contributed by atoms with van der Waals surface area (Å²) in [6, 6.07) is 0. The Hall–Kier alpha value is -0.680. The van der Waals surface area contributed by atoms with Crippen LogP contribution in [0, 0.1) is 0 Å². The van der Waals surface area contributed by atoms with Gasteiger partial charge in [-0.1, -0.05) is 12.2 Å². The first-order valence-corrected chi connectivity index (χ1v) is 4.63. The zero-order valence-corrected chi connectivity index (χ0v) is 8.00. The molecule has 1 heterocycles. The first-order chi connectivity index (χ1) is 6.77.